The first-order chi connectivity index (χ1) is 8.28. The topological polar surface area (TPSA) is 57.7 Å². The van der Waals surface area contributed by atoms with Crippen molar-refractivity contribution in [1.82, 2.24) is 4.98 Å². The molecule has 0 saturated heterocycles. The Morgan fingerprint density at radius 3 is 2.44 bits per heavy atom. The van der Waals surface area contributed by atoms with Gasteiger partial charge in [0.05, 0.1) is 17.8 Å². The van der Waals surface area contributed by atoms with Crippen LogP contribution in [-0.2, 0) is 4.74 Å². The highest BCUT2D eigenvalue weighted by Crippen LogP contribution is 2.32. The van der Waals surface area contributed by atoms with Crippen LogP contribution in [0.15, 0.2) is 6.07 Å². The van der Waals surface area contributed by atoms with Crippen LogP contribution in [0.3, 0.4) is 0 Å². The van der Waals surface area contributed by atoms with Crippen molar-refractivity contribution in [2.75, 3.05) is 14.2 Å². The van der Waals surface area contributed by atoms with Gasteiger partial charge in [-0.2, -0.15) is 0 Å². The third-order valence-electron chi connectivity index (χ3n) is 1.71. The lowest BCUT2D eigenvalue weighted by atomic mass is 10.3. The molecule has 0 radical (unpaired) electrons. The van der Waals surface area contributed by atoms with Gasteiger partial charge in [-0.05, 0) is 22.6 Å². The summed E-state index contributed by atoms with van der Waals surface area (Å²) in [6.45, 7) is 0. The predicted molar refractivity (Wildman–Crippen MR) is 61.5 cm³/mol. The molecule has 1 rings (SSSR count). The van der Waals surface area contributed by atoms with Gasteiger partial charge in [0.15, 0.2) is 11.4 Å². The highest BCUT2D eigenvalue weighted by atomic mass is 127. The van der Waals surface area contributed by atoms with Crippen molar-refractivity contribution < 1.29 is 32.2 Å². The largest absolute Gasteiger partial charge is 0.573 e. The number of pyridine rings is 1. The summed E-state index contributed by atoms with van der Waals surface area (Å²) >= 11 is 1.57. The molecule has 9 heteroatoms. The summed E-state index contributed by atoms with van der Waals surface area (Å²) in [5.74, 6) is -1.78. The summed E-state index contributed by atoms with van der Waals surface area (Å²) in [4.78, 5) is 14.9. The molecule has 100 valence electrons. The molecule has 0 aliphatic carbocycles. The molecule has 0 aromatic carbocycles. The Morgan fingerprint density at radius 1 is 1.39 bits per heavy atom. The van der Waals surface area contributed by atoms with E-state index in [1.807, 2.05) is 0 Å². The Balaban J connectivity index is 3.33. The van der Waals surface area contributed by atoms with Crippen molar-refractivity contribution in [3.63, 3.8) is 0 Å². The van der Waals surface area contributed by atoms with Gasteiger partial charge in [0.2, 0.25) is 5.88 Å². The van der Waals surface area contributed by atoms with E-state index >= 15 is 0 Å². The Labute approximate surface area is 113 Å². The van der Waals surface area contributed by atoms with Crippen LogP contribution in [0, 0.1) is 3.57 Å². The number of hydrogen-bond donors (Lipinski definition) is 0. The molecule has 0 N–H and O–H groups in total. The summed E-state index contributed by atoms with van der Waals surface area (Å²) < 4.78 is 49.5. The molecule has 0 fully saturated rings. The normalized spacial score (nSPS) is 11.0. The number of carbonyl (C=O) groups excluding carboxylic acids is 1. The molecule has 1 heterocycles. The number of esters is 1. The maximum absolute atomic E-state index is 12.2. The molecule has 0 unspecified atom stereocenters. The van der Waals surface area contributed by atoms with Crippen molar-refractivity contribution >= 4 is 28.6 Å². The minimum atomic E-state index is -4.93. The molecular formula is C9H7F3INO4. The Hall–Kier alpha value is -1.26. The zero-order valence-electron chi connectivity index (χ0n) is 9.17. The molecule has 18 heavy (non-hydrogen) atoms. The number of nitrogens with zero attached hydrogens (tertiary/aromatic N) is 1. The van der Waals surface area contributed by atoms with Crippen LogP contribution < -0.4 is 9.47 Å². The second kappa shape index (κ2) is 5.59. The first-order valence-corrected chi connectivity index (χ1v) is 5.45. The molecule has 5 nitrogen and oxygen atoms in total. The lowest BCUT2D eigenvalue weighted by Crippen LogP contribution is -2.21. The summed E-state index contributed by atoms with van der Waals surface area (Å²) in [7, 11) is 2.29. The lowest BCUT2D eigenvalue weighted by Gasteiger charge is -2.14. The summed E-state index contributed by atoms with van der Waals surface area (Å²) in [5.41, 5.74) is -0.599. The molecule has 0 amide bonds. The zero-order chi connectivity index (χ0) is 13.9. The number of rotatable bonds is 3. The van der Waals surface area contributed by atoms with Gasteiger partial charge in [-0.25, -0.2) is 9.78 Å². The minimum Gasteiger partial charge on any atom is -0.481 e. The Morgan fingerprint density at radius 2 is 2.00 bits per heavy atom. The van der Waals surface area contributed by atoms with Crippen LogP contribution >= 0.6 is 22.6 Å². The fraction of sp³-hybridized carbons (Fsp3) is 0.333. The first-order valence-electron chi connectivity index (χ1n) is 4.37. The Bertz CT molecular complexity index is 464. The standard InChI is InChI=1S/C9H7F3INO4/c1-16-5-3-4(13)7(18-9(10,11)12)6(14-5)8(15)17-2/h3H,1-2H3. The van der Waals surface area contributed by atoms with E-state index in [-0.39, 0.29) is 9.45 Å². The maximum atomic E-state index is 12.2. The molecule has 1 aromatic heterocycles. The molecule has 1 aromatic rings. The number of halogens is 4. The number of ether oxygens (including phenoxy) is 3. The highest BCUT2D eigenvalue weighted by molar-refractivity contribution is 14.1. The van der Waals surface area contributed by atoms with Crippen LogP contribution in [-0.4, -0.2) is 31.5 Å². The summed E-state index contributed by atoms with van der Waals surface area (Å²) in [6, 6.07) is 1.20. The van der Waals surface area contributed by atoms with E-state index in [0.717, 1.165) is 7.11 Å². The SMILES string of the molecule is COC(=O)c1nc(OC)cc(I)c1OC(F)(F)F. The zero-order valence-corrected chi connectivity index (χ0v) is 11.3. The third kappa shape index (κ3) is 3.62. The minimum absolute atomic E-state index is 0.0191. The van der Waals surface area contributed by atoms with E-state index in [1.165, 1.54) is 13.2 Å². The van der Waals surface area contributed by atoms with E-state index < -0.39 is 23.8 Å². The maximum Gasteiger partial charge on any atom is 0.573 e. The third-order valence-corrected chi connectivity index (χ3v) is 2.51. The van der Waals surface area contributed by atoms with Crippen LogP contribution in [0.4, 0.5) is 13.2 Å². The molecule has 0 aliphatic rings. The van der Waals surface area contributed by atoms with E-state index in [9.17, 15) is 18.0 Å². The number of methoxy groups -OCH3 is 2. The molecule has 0 bridgehead atoms. The predicted octanol–water partition coefficient (Wildman–Crippen LogP) is 2.38. The van der Waals surface area contributed by atoms with Crippen molar-refractivity contribution in [1.29, 1.82) is 0 Å². The highest BCUT2D eigenvalue weighted by Gasteiger charge is 2.35. The lowest BCUT2D eigenvalue weighted by molar-refractivity contribution is -0.275. The second-order valence-corrected chi connectivity index (χ2v) is 4.03. The monoisotopic (exact) mass is 377 g/mol. The first kappa shape index (κ1) is 14.8. The quantitative estimate of drug-likeness (QED) is 0.598. The van der Waals surface area contributed by atoms with Crippen LogP contribution in [0.25, 0.3) is 0 Å². The van der Waals surface area contributed by atoms with E-state index in [2.05, 4.69) is 14.5 Å². The van der Waals surface area contributed by atoms with Crippen LogP contribution in [0.5, 0.6) is 11.6 Å². The van der Waals surface area contributed by atoms with Gasteiger partial charge in [0.25, 0.3) is 0 Å². The number of hydrogen-bond acceptors (Lipinski definition) is 5. The molecule has 0 aliphatic heterocycles. The molecular weight excluding hydrogens is 370 g/mol. The number of carbonyl (C=O) groups is 1. The van der Waals surface area contributed by atoms with E-state index in [4.69, 9.17) is 4.74 Å². The van der Waals surface area contributed by atoms with Crippen LogP contribution in [0.1, 0.15) is 10.5 Å². The van der Waals surface area contributed by atoms with Gasteiger partial charge < -0.3 is 14.2 Å². The van der Waals surface area contributed by atoms with Crippen molar-refractivity contribution in [2.45, 2.75) is 6.36 Å². The van der Waals surface area contributed by atoms with E-state index in [0.29, 0.717) is 0 Å². The molecule has 0 spiro atoms. The van der Waals surface area contributed by atoms with Gasteiger partial charge in [-0.3, -0.25) is 0 Å². The van der Waals surface area contributed by atoms with Gasteiger partial charge in [-0.1, -0.05) is 0 Å². The van der Waals surface area contributed by atoms with Crippen molar-refractivity contribution in [3.8, 4) is 11.6 Å². The average molecular weight is 377 g/mol. The van der Waals surface area contributed by atoms with E-state index in [1.54, 1.807) is 22.6 Å². The van der Waals surface area contributed by atoms with Gasteiger partial charge in [0.1, 0.15) is 0 Å². The number of aromatic nitrogens is 1. The second-order valence-electron chi connectivity index (χ2n) is 2.86. The number of alkyl halides is 3. The molecule has 0 atom stereocenters. The van der Waals surface area contributed by atoms with Gasteiger partial charge in [0, 0.05) is 6.07 Å². The fourth-order valence-electron chi connectivity index (χ4n) is 1.03. The van der Waals surface area contributed by atoms with Crippen molar-refractivity contribution in [2.24, 2.45) is 0 Å². The van der Waals surface area contributed by atoms with Gasteiger partial charge >= 0.3 is 12.3 Å². The van der Waals surface area contributed by atoms with Crippen molar-refractivity contribution in [3.05, 3.63) is 15.3 Å². The van der Waals surface area contributed by atoms with Gasteiger partial charge in [-0.15, -0.1) is 13.2 Å². The summed E-state index contributed by atoms with van der Waals surface area (Å²) in [6.07, 6.45) is -4.93. The Kier molecular flexibility index (Phi) is 4.59. The summed E-state index contributed by atoms with van der Waals surface area (Å²) in [5, 5.41) is 0. The molecule has 0 saturated carbocycles. The fourth-order valence-corrected chi connectivity index (χ4v) is 1.66. The smallest absolute Gasteiger partial charge is 0.481 e. The van der Waals surface area contributed by atoms with Crippen LogP contribution in [0.2, 0.25) is 0 Å². The average Bonchev–Trinajstić information content (AvgIpc) is 2.28.